The highest BCUT2D eigenvalue weighted by Crippen LogP contribution is 2.36. The van der Waals surface area contributed by atoms with Crippen molar-refractivity contribution >= 4 is 22.9 Å². The van der Waals surface area contributed by atoms with Crippen molar-refractivity contribution in [3.63, 3.8) is 0 Å². The molecule has 3 aromatic rings. The number of alkyl halides is 3. The zero-order valence-electron chi connectivity index (χ0n) is 20.6. The van der Waals surface area contributed by atoms with Gasteiger partial charge in [-0.25, -0.2) is 9.98 Å². The van der Waals surface area contributed by atoms with E-state index in [0.717, 1.165) is 44.0 Å². The molecule has 1 saturated heterocycles. The SMILES string of the molecule is CCN1CCN(Cc2ccc(NC3=Nc4ccc(Oc5ccc(N)cn5)cc4C3)cc2C(F)(F)F)CC1. The van der Waals surface area contributed by atoms with Gasteiger partial charge in [-0.15, -0.1) is 0 Å². The van der Waals surface area contributed by atoms with Gasteiger partial charge in [0, 0.05) is 50.9 Å². The molecule has 2 aromatic carbocycles. The summed E-state index contributed by atoms with van der Waals surface area (Å²) in [6.07, 6.45) is -2.48. The Morgan fingerprint density at radius 2 is 1.78 bits per heavy atom. The van der Waals surface area contributed by atoms with Gasteiger partial charge in [0.2, 0.25) is 5.88 Å². The first-order valence-corrected chi connectivity index (χ1v) is 12.3. The number of halogens is 3. The average Bonchev–Trinajstić information content (AvgIpc) is 3.27. The number of pyridine rings is 1. The molecule has 37 heavy (non-hydrogen) atoms. The third-order valence-electron chi connectivity index (χ3n) is 6.66. The number of rotatable bonds is 6. The normalized spacial score (nSPS) is 16.4. The molecule has 0 bridgehead atoms. The van der Waals surface area contributed by atoms with Crippen molar-refractivity contribution < 1.29 is 17.9 Å². The quantitative estimate of drug-likeness (QED) is 0.468. The number of nitrogens with zero attached hydrogens (tertiary/aromatic N) is 4. The van der Waals surface area contributed by atoms with Gasteiger partial charge in [0.1, 0.15) is 11.6 Å². The van der Waals surface area contributed by atoms with Crippen LogP contribution in [0.15, 0.2) is 59.7 Å². The van der Waals surface area contributed by atoms with Crippen LogP contribution in [-0.4, -0.2) is 53.3 Å². The Labute approximate surface area is 213 Å². The van der Waals surface area contributed by atoms with Crippen molar-refractivity contribution in [1.29, 1.82) is 0 Å². The summed E-state index contributed by atoms with van der Waals surface area (Å²) in [6, 6.07) is 13.3. The Kier molecular flexibility index (Phi) is 7.03. The number of aromatic nitrogens is 1. The molecule has 0 spiro atoms. The predicted molar refractivity (Wildman–Crippen MR) is 138 cm³/mol. The highest BCUT2D eigenvalue weighted by Gasteiger charge is 2.34. The molecule has 10 heteroatoms. The van der Waals surface area contributed by atoms with E-state index < -0.39 is 11.7 Å². The van der Waals surface area contributed by atoms with E-state index in [0.29, 0.717) is 35.3 Å². The largest absolute Gasteiger partial charge is 0.439 e. The first kappa shape index (κ1) is 25.0. The Morgan fingerprint density at radius 1 is 1.00 bits per heavy atom. The topological polar surface area (TPSA) is 79.0 Å². The lowest BCUT2D eigenvalue weighted by molar-refractivity contribution is -0.138. The highest BCUT2D eigenvalue weighted by molar-refractivity contribution is 6.02. The Balaban J connectivity index is 1.26. The fourth-order valence-electron chi connectivity index (χ4n) is 4.61. The fourth-order valence-corrected chi connectivity index (χ4v) is 4.61. The number of nitrogen functional groups attached to an aromatic ring is 1. The third kappa shape index (κ3) is 6.03. The Morgan fingerprint density at radius 3 is 2.49 bits per heavy atom. The number of hydrogen-bond acceptors (Lipinski definition) is 7. The maximum atomic E-state index is 14.0. The van der Waals surface area contributed by atoms with Crippen LogP contribution in [0.4, 0.5) is 30.2 Å². The van der Waals surface area contributed by atoms with Gasteiger partial charge in [-0.1, -0.05) is 13.0 Å². The number of anilines is 2. The number of likely N-dealkylation sites (N-methyl/N-ethyl adjacent to an activating group) is 1. The predicted octanol–water partition coefficient (Wildman–Crippen LogP) is 5.31. The molecular weight excluding hydrogens is 481 g/mol. The number of nitrogens with one attached hydrogen (secondary N) is 1. The molecule has 0 atom stereocenters. The fraction of sp³-hybridized carbons (Fsp3) is 0.333. The molecule has 1 fully saturated rings. The first-order chi connectivity index (χ1) is 17.8. The van der Waals surface area contributed by atoms with Crippen molar-refractivity contribution in [2.45, 2.75) is 26.1 Å². The molecule has 7 nitrogen and oxygen atoms in total. The first-order valence-electron chi connectivity index (χ1n) is 12.3. The molecule has 3 heterocycles. The van der Waals surface area contributed by atoms with Crippen molar-refractivity contribution in [2.75, 3.05) is 43.8 Å². The Bertz CT molecular complexity index is 1280. The minimum Gasteiger partial charge on any atom is -0.439 e. The van der Waals surface area contributed by atoms with E-state index >= 15 is 0 Å². The maximum Gasteiger partial charge on any atom is 0.416 e. The third-order valence-corrected chi connectivity index (χ3v) is 6.66. The number of fused-ring (bicyclic) bond motifs is 1. The minimum atomic E-state index is -4.44. The van der Waals surface area contributed by atoms with E-state index in [1.54, 1.807) is 30.3 Å². The van der Waals surface area contributed by atoms with Gasteiger partial charge in [-0.05, 0) is 54.1 Å². The van der Waals surface area contributed by atoms with Crippen LogP contribution >= 0.6 is 0 Å². The van der Waals surface area contributed by atoms with Crippen molar-refractivity contribution in [3.8, 4) is 11.6 Å². The number of piperazine rings is 1. The van der Waals surface area contributed by atoms with E-state index in [1.165, 1.54) is 12.3 Å². The number of ether oxygens (including phenoxy) is 1. The van der Waals surface area contributed by atoms with Crippen LogP contribution < -0.4 is 15.8 Å². The molecule has 0 amide bonds. The van der Waals surface area contributed by atoms with Crippen LogP contribution in [0, 0.1) is 0 Å². The zero-order chi connectivity index (χ0) is 26.0. The molecular formula is C27H29F3N6O. The lowest BCUT2D eigenvalue weighted by Crippen LogP contribution is -2.45. The monoisotopic (exact) mass is 510 g/mol. The summed E-state index contributed by atoms with van der Waals surface area (Å²) in [5.41, 5.74) is 7.90. The number of nitrogens with two attached hydrogens (primary N) is 1. The number of amidine groups is 1. The molecule has 2 aliphatic heterocycles. The van der Waals surface area contributed by atoms with E-state index in [2.05, 4.69) is 32.0 Å². The zero-order valence-corrected chi connectivity index (χ0v) is 20.6. The van der Waals surface area contributed by atoms with Crippen LogP contribution in [0.2, 0.25) is 0 Å². The van der Waals surface area contributed by atoms with E-state index in [-0.39, 0.29) is 12.1 Å². The number of hydrogen-bond donors (Lipinski definition) is 2. The van der Waals surface area contributed by atoms with Crippen molar-refractivity contribution in [1.82, 2.24) is 14.8 Å². The van der Waals surface area contributed by atoms with E-state index in [1.807, 2.05) is 12.1 Å². The van der Waals surface area contributed by atoms with Crippen LogP contribution in [0.5, 0.6) is 11.6 Å². The van der Waals surface area contributed by atoms with Crippen molar-refractivity contribution in [2.24, 2.45) is 4.99 Å². The minimum absolute atomic E-state index is 0.282. The van der Waals surface area contributed by atoms with Gasteiger partial charge in [0.15, 0.2) is 0 Å². The van der Waals surface area contributed by atoms with E-state index in [4.69, 9.17) is 10.5 Å². The van der Waals surface area contributed by atoms with Crippen LogP contribution in [-0.2, 0) is 19.1 Å². The van der Waals surface area contributed by atoms with Crippen molar-refractivity contribution in [3.05, 3.63) is 71.4 Å². The molecule has 0 saturated carbocycles. The van der Waals surface area contributed by atoms with Crippen LogP contribution in [0.25, 0.3) is 0 Å². The highest BCUT2D eigenvalue weighted by atomic mass is 19.4. The molecule has 0 unspecified atom stereocenters. The molecule has 0 radical (unpaired) electrons. The second-order valence-electron chi connectivity index (χ2n) is 9.26. The Hall–Kier alpha value is -3.63. The second kappa shape index (κ2) is 10.4. The number of benzene rings is 2. The van der Waals surface area contributed by atoms with E-state index in [9.17, 15) is 13.2 Å². The van der Waals surface area contributed by atoms with Gasteiger partial charge < -0.3 is 20.7 Å². The summed E-state index contributed by atoms with van der Waals surface area (Å²) in [5.74, 6) is 1.59. The lowest BCUT2D eigenvalue weighted by atomic mass is 10.0. The van der Waals surface area contributed by atoms with Crippen LogP contribution in [0.1, 0.15) is 23.6 Å². The second-order valence-corrected chi connectivity index (χ2v) is 9.26. The summed E-state index contributed by atoms with van der Waals surface area (Å²) in [6.45, 7) is 6.62. The molecule has 2 aliphatic rings. The van der Waals surface area contributed by atoms with Gasteiger partial charge in [-0.3, -0.25) is 4.90 Å². The molecule has 1 aromatic heterocycles. The van der Waals surface area contributed by atoms with Gasteiger partial charge in [0.05, 0.1) is 23.1 Å². The number of aliphatic imine (C=N–C) groups is 1. The average molecular weight is 511 g/mol. The lowest BCUT2D eigenvalue weighted by Gasteiger charge is -2.34. The summed E-state index contributed by atoms with van der Waals surface area (Å²) in [7, 11) is 0. The van der Waals surface area contributed by atoms with Gasteiger partial charge in [0.25, 0.3) is 0 Å². The van der Waals surface area contributed by atoms with Gasteiger partial charge in [-0.2, -0.15) is 13.2 Å². The summed E-state index contributed by atoms with van der Waals surface area (Å²) in [5, 5.41) is 3.08. The molecule has 194 valence electrons. The maximum absolute atomic E-state index is 14.0. The summed E-state index contributed by atoms with van der Waals surface area (Å²) in [4.78, 5) is 13.1. The van der Waals surface area contributed by atoms with Crippen LogP contribution in [0.3, 0.4) is 0 Å². The smallest absolute Gasteiger partial charge is 0.416 e. The molecule has 3 N–H and O–H groups in total. The standard InChI is InChI=1S/C27H29F3N6O/c1-2-35-9-11-36(12-10-35)17-18-3-5-21(15-23(18)27(28,29)30)33-25-14-19-13-22(6-7-24(19)34-25)37-26-8-4-20(31)16-32-26/h3-8,13,15-16H,2,9-12,14,17,31H2,1H3,(H,33,34). The van der Waals surface area contributed by atoms with Gasteiger partial charge >= 0.3 is 6.18 Å². The summed E-state index contributed by atoms with van der Waals surface area (Å²) >= 11 is 0. The molecule has 5 rings (SSSR count). The summed E-state index contributed by atoms with van der Waals surface area (Å²) < 4.78 is 47.7. The molecule has 0 aliphatic carbocycles.